The highest BCUT2D eigenvalue weighted by molar-refractivity contribution is 5.94. The Balaban J connectivity index is 2.78. The van der Waals surface area contributed by atoms with E-state index in [9.17, 15) is 9.18 Å². The van der Waals surface area contributed by atoms with Crippen LogP contribution in [0.1, 0.15) is 23.7 Å². The highest BCUT2D eigenvalue weighted by Crippen LogP contribution is 2.17. The number of halogens is 1. The molecule has 0 unspecified atom stereocenters. The molecule has 1 aromatic rings. The third-order valence-corrected chi connectivity index (χ3v) is 1.95. The molecule has 0 spiro atoms. The number of rotatable bonds is 4. The summed E-state index contributed by atoms with van der Waals surface area (Å²) in [4.78, 5) is 11.4. The molecule has 3 nitrogen and oxygen atoms in total. The Morgan fingerprint density at radius 2 is 2.27 bits per heavy atom. The Morgan fingerprint density at radius 3 is 2.80 bits per heavy atom. The Hall–Kier alpha value is -1.58. The van der Waals surface area contributed by atoms with Crippen LogP contribution in [0.15, 0.2) is 18.2 Å². The van der Waals surface area contributed by atoms with Gasteiger partial charge >= 0.3 is 0 Å². The highest BCUT2D eigenvalue weighted by Gasteiger charge is 2.08. The summed E-state index contributed by atoms with van der Waals surface area (Å²) in [6.07, 6.45) is 0.852. The summed E-state index contributed by atoms with van der Waals surface area (Å²) >= 11 is 0. The zero-order chi connectivity index (χ0) is 11.3. The Bertz CT molecular complexity index is 352. The smallest absolute Gasteiger partial charge is 0.251 e. The van der Waals surface area contributed by atoms with E-state index in [4.69, 9.17) is 4.74 Å². The van der Waals surface area contributed by atoms with Crippen LogP contribution in [0, 0.1) is 5.82 Å². The molecule has 0 aliphatic carbocycles. The van der Waals surface area contributed by atoms with Gasteiger partial charge in [-0.15, -0.1) is 0 Å². The van der Waals surface area contributed by atoms with Gasteiger partial charge in [-0.3, -0.25) is 4.79 Å². The number of amides is 1. The van der Waals surface area contributed by atoms with Crippen molar-refractivity contribution in [3.05, 3.63) is 29.6 Å². The predicted octanol–water partition coefficient (Wildman–Crippen LogP) is 1.97. The maximum atomic E-state index is 13.2. The van der Waals surface area contributed by atoms with Crippen molar-refractivity contribution in [3.63, 3.8) is 0 Å². The van der Waals surface area contributed by atoms with Crippen LogP contribution >= 0.6 is 0 Å². The molecule has 0 aromatic heterocycles. The molecule has 0 aliphatic rings. The van der Waals surface area contributed by atoms with Crippen LogP contribution in [0.3, 0.4) is 0 Å². The molecule has 15 heavy (non-hydrogen) atoms. The number of benzene rings is 1. The van der Waals surface area contributed by atoms with Crippen molar-refractivity contribution in [1.29, 1.82) is 0 Å². The first-order valence-electron chi connectivity index (χ1n) is 4.80. The monoisotopic (exact) mass is 211 g/mol. The van der Waals surface area contributed by atoms with E-state index in [-0.39, 0.29) is 11.7 Å². The molecule has 1 N–H and O–H groups in total. The van der Waals surface area contributed by atoms with Crippen molar-refractivity contribution >= 4 is 5.91 Å². The van der Waals surface area contributed by atoms with Gasteiger partial charge in [0.05, 0.1) is 7.11 Å². The lowest BCUT2D eigenvalue weighted by atomic mass is 10.2. The van der Waals surface area contributed by atoms with Gasteiger partial charge in [0, 0.05) is 12.1 Å². The van der Waals surface area contributed by atoms with Crippen LogP contribution in [-0.4, -0.2) is 19.6 Å². The minimum atomic E-state index is -0.526. The lowest BCUT2D eigenvalue weighted by molar-refractivity contribution is 0.0953. The second-order valence-electron chi connectivity index (χ2n) is 3.11. The van der Waals surface area contributed by atoms with E-state index >= 15 is 0 Å². The second-order valence-corrected chi connectivity index (χ2v) is 3.11. The Labute approximate surface area is 88.2 Å². The van der Waals surface area contributed by atoms with Gasteiger partial charge in [-0.2, -0.15) is 0 Å². The summed E-state index contributed by atoms with van der Waals surface area (Å²) in [5.41, 5.74) is 0.307. The van der Waals surface area contributed by atoms with Crippen molar-refractivity contribution in [1.82, 2.24) is 5.32 Å². The fourth-order valence-corrected chi connectivity index (χ4v) is 1.15. The van der Waals surface area contributed by atoms with Gasteiger partial charge in [0.1, 0.15) is 0 Å². The molecule has 0 radical (unpaired) electrons. The number of methoxy groups -OCH3 is 1. The summed E-state index contributed by atoms with van der Waals surface area (Å²) in [7, 11) is 1.38. The lowest BCUT2D eigenvalue weighted by Gasteiger charge is -2.05. The van der Waals surface area contributed by atoms with E-state index in [1.165, 1.54) is 25.3 Å². The number of hydrogen-bond donors (Lipinski definition) is 1. The molecule has 0 heterocycles. The average Bonchev–Trinajstić information content (AvgIpc) is 2.25. The summed E-state index contributed by atoms with van der Waals surface area (Å²) in [6, 6.07) is 4.15. The molecule has 0 saturated heterocycles. The third kappa shape index (κ3) is 2.94. The maximum absolute atomic E-state index is 13.2. The van der Waals surface area contributed by atoms with Crippen LogP contribution < -0.4 is 10.1 Å². The van der Waals surface area contributed by atoms with E-state index in [1.807, 2.05) is 6.92 Å². The van der Waals surface area contributed by atoms with Crippen molar-refractivity contribution in [3.8, 4) is 5.75 Å². The molecule has 1 amide bonds. The first-order valence-corrected chi connectivity index (χ1v) is 4.80. The molecule has 0 bridgehead atoms. The van der Waals surface area contributed by atoms with Gasteiger partial charge in [-0.25, -0.2) is 4.39 Å². The molecule has 4 heteroatoms. The van der Waals surface area contributed by atoms with Crippen LogP contribution in [0.2, 0.25) is 0 Å². The van der Waals surface area contributed by atoms with Gasteiger partial charge in [-0.1, -0.05) is 6.92 Å². The molecular weight excluding hydrogens is 197 g/mol. The van der Waals surface area contributed by atoms with Crippen molar-refractivity contribution in [2.75, 3.05) is 13.7 Å². The SMILES string of the molecule is CCCNC(=O)c1ccc(OC)c(F)c1. The maximum Gasteiger partial charge on any atom is 0.251 e. The molecular formula is C11H14FNO2. The first-order chi connectivity index (χ1) is 7.19. The third-order valence-electron chi connectivity index (χ3n) is 1.95. The van der Waals surface area contributed by atoms with E-state index in [0.717, 1.165) is 6.42 Å². The van der Waals surface area contributed by atoms with Gasteiger partial charge < -0.3 is 10.1 Å². The van der Waals surface area contributed by atoms with Gasteiger partial charge in [0.15, 0.2) is 11.6 Å². The minimum Gasteiger partial charge on any atom is -0.494 e. The van der Waals surface area contributed by atoms with E-state index < -0.39 is 5.82 Å². The predicted molar refractivity (Wildman–Crippen MR) is 55.6 cm³/mol. The summed E-state index contributed by atoms with van der Waals surface area (Å²) < 4.78 is 18.0. The van der Waals surface area contributed by atoms with E-state index in [0.29, 0.717) is 12.1 Å². The number of hydrogen-bond acceptors (Lipinski definition) is 2. The van der Waals surface area contributed by atoms with Crippen LogP contribution in [0.5, 0.6) is 5.75 Å². The normalized spacial score (nSPS) is 9.80. The number of carbonyl (C=O) groups excluding carboxylic acids is 1. The van der Waals surface area contributed by atoms with Crippen LogP contribution in [-0.2, 0) is 0 Å². The highest BCUT2D eigenvalue weighted by atomic mass is 19.1. The van der Waals surface area contributed by atoms with Gasteiger partial charge in [0.25, 0.3) is 5.91 Å². The molecule has 1 rings (SSSR count). The van der Waals surface area contributed by atoms with Gasteiger partial charge in [-0.05, 0) is 24.6 Å². The van der Waals surface area contributed by atoms with Crippen molar-refractivity contribution in [2.24, 2.45) is 0 Å². The zero-order valence-electron chi connectivity index (χ0n) is 8.84. The molecule has 0 saturated carbocycles. The standard InChI is InChI=1S/C11H14FNO2/c1-3-6-13-11(14)8-4-5-10(15-2)9(12)7-8/h4-5,7H,3,6H2,1-2H3,(H,13,14). The topological polar surface area (TPSA) is 38.3 Å². The lowest BCUT2D eigenvalue weighted by Crippen LogP contribution is -2.24. The van der Waals surface area contributed by atoms with Crippen LogP contribution in [0.25, 0.3) is 0 Å². The van der Waals surface area contributed by atoms with Gasteiger partial charge in [0.2, 0.25) is 0 Å². The first kappa shape index (κ1) is 11.5. The summed E-state index contributed by atoms with van der Waals surface area (Å²) in [6.45, 7) is 2.54. The average molecular weight is 211 g/mol. The van der Waals surface area contributed by atoms with Crippen molar-refractivity contribution in [2.45, 2.75) is 13.3 Å². The van der Waals surface area contributed by atoms with E-state index in [2.05, 4.69) is 5.32 Å². The molecule has 0 aliphatic heterocycles. The molecule has 0 fully saturated rings. The minimum absolute atomic E-state index is 0.141. The number of ether oxygens (including phenoxy) is 1. The fourth-order valence-electron chi connectivity index (χ4n) is 1.15. The summed E-state index contributed by atoms with van der Waals surface area (Å²) in [5, 5.41) is 2.67. The molecule has 0 atom stereocenters. The zero-order valence-corrected chi connectivity index (χ0v) is 8.84. The van der Waals surface area contributed by atoms with Crippen molar-refractivity contribution < 1.29 is 13.9 Å². The molecule has 1 aromatic carbocycles. The largest absolute Gasteiger partial charge is 0.494 e. The molecule has 82 valence electrons. The van der Waals surface area contributed by atoms with E-state index in [1.54, 1.807) is 0 Å². The Kier molecular flexibility index (Phi) is 4.09. The summed E-state index contributed by atoms with van der Waals surface area (Å²) in [5.74, 6) is -0.651. The second kappa shape index (κ2) is 5.34. The Morgan fingerprint density at radius 1 is 1.53 bits per heavy atom. The number of carbonyl (C=O) groups is 1. The van der Waals surface area contributed by atoms with Crippen LogP contribution in [0.4, 0.5) is 4.39 Å². The number of nitrogens with one attached hydrogen (secondary N) is 1. The fraction of sp³-hybridized carbons (Fsp3) is 0.364. The quantitative estimate of drug-likeness (QED) is 0.826.